The maximum Gasteiger partial charge on any atom is 0.256 e. The van der Waals surface area contributed by atoms with Crippen molar-refractivity contribution >= 4 is 5.69 Å². The molecule has 1 aromatic rings. The fourth-order valence-corrected chi connectivity index (χ4v) is 1.04. The lowest BCUT2D eigenvalue weighted by atomic mass is 10.2. The average molecular weight is 162 g/mol. The van der Waals surface area contributed by atoms with E-state index in [0.29, 0.717) is 0 Å². The molecule has 0 aliphatic heterocycles. The first kappa shape index (κ1) is 8.54. The first-order chi connectivity index (χ1) is 5.57. The zero-order chi connectivity index (χ0) is 9.30. The van der Waals surface area contributed by atoms with E-state index in [4.69, 9.17) is 6.57 Å². The first-order valence-corrected chi connectivity index (χ1v) is 3.62. The molecule has 0 radical (unpaired) electrons. The number of rotatable bonds is 0. The minimum atomic E-state index is -0.215. The second-order valence-electron chi connectivity index (χ2n) is 2.77. The summed E-state index contributed by atoms with van der Waals surface area (Å²) in [5, 5.41) is 0. The molecule has 0 amide bonds. The van der Waals surface area contributed by atoms with Crippen molar-refractivity contribution in [1.82, 2.24) is 4.57 Å². The van der Waals surface area contributed by atoms with E-state index < -0.39 is 0 Å². The molecule has 0 N–H and O–H groups in total. The molecule has 0 fully saturated rings. The van der Waals surface area contributed by atoms with Crippen LogP contribution in [0.25, 0.3) is 4.85 Å². The summed E-state index contributed by atoms with van der Waals surface area (Å²) in [7, 11) is 1.68. The van der Waals surface area contributed by atoms with E-state index in [1.165, 1.54) is 4.57 Å². The third-order valence-corrected chi connectivity index (χ3v) is 2.07. The Morgan fingerprint density at radius 1 is 1.50 bits per heavy atom. The standard InChI is InChI=1S/C9H10N2O/c1-6-5-8(10-3)9(12)11(4)7(6)2/h5H,1-2,4H3. The summed E-state index contributed by atoms with van der Waals surface area (Å²) >= 11 is 0. The topological polar surface area (TPSA) is 26.4 Å². The van der Waals surface area contributed by atoms with Gasteiger partial charge in [0, 0.05) is 12.7 Å². The number of hydrogen-bond donors (Lipinski definition) is 0. The van der Waals surface area contributed by atoms with E-state index in [9.17, 15) is 4.79 Å². The molecule has 1 rings (SSSR count). The minimum absolute atomic E-state index is 0.195. The number of aromatic nitrogens is 1. The van der Waals surface area contributed by atoms with E-state index in [-0.39, 0.29) is 11.2 Å². The zero-order valence-electron chi connectivity index (χ0n) is 7.38. The van der Waals surface area contributed by atoms with Crippen LogP contribution in [-0.4, -0.2) is 4.57 Å². The summed E-state index contributed by atoms with van der Waals surface area (Å²) in [6, 6.07) is 1.63. The number of hydrogen-bond acceptors (Lipinski definition) is 1. The molecular weight excluding hydrogens is 152 g/mol. The van der Waals surface area contributed by atoms with Crippen LogP contribution < -0.4 is 5.56 Å². The Kier molecular flexibility index (Phi) is 2.01. The van der Waals surface area contributed by atoms with Gasteiger partial charge in [-0.2, -0.15) is 0 Å². The first-order valence-electron chi connectivity index (χ1n) is 3.62. The highest BCUT2D eigenvalue weighted by molar-refractivity contribution is 5.45. The smallest absolute Gasteiger partial charge is 0.256 e. The van der Waals surface area contributed by atoms with E-state index in [1.807, 2.05) is 13.8 Å². The molecule has 12 heavy (non-hydrogen) atoms. The molecule has 0 bridgehead atoms. The molecule has 0 aliphatic carbocycles. The normalized spacial score (nSPS) is 9.50. The monoisotopic (exact) mass is 162 g/mol. The Hall–Kier alpha value is -1.56. The van der Waals surface area contributed by atoms with Gasteiger partial charge in [-0.1, -0.05) is 0 Å². The highest BCUT2D eigenvalue weighted by Gasteiger charge is 2.04. The lowest BCUT2D eigenvalue weighted by Crippen LogP contribution is -2.18. The summed E-state index contributed by atoms with van der Waals surface area (Å²) in [5.41, 5.74) is 1.87. The molecule has 0 saturated heterocycles. The van der Waals surface area contributed by atoms with Crippen LogP contribution in [0, 0.1) is 20.4 Å². The van der Waals surface area contributed by atoms with Crippen LogP contribution in [0.4, 0.5) is 5.69 Å². The van der Waals surface area contributed by atoms with Gasteiger partial charge >= 0.3 is 0 Å². The molecule has 3 nitrogen and oxygen atoms in total. The van der Waals surface area contributed by atoms with Gasteiger partial charge in [0.1, 0.15) is 0 Å². The van der Waals surface area contributed by atoms with Crippen molar-refractivity contribution in [1.29, 1.82) is 0 Å². The molecule has 0 spiro atoms. The number of pyridine rings is 1. The van der Waals surface area contributed by atoms with Crippen LogP contribution in [0.3, 0.4) is 0 Å². The van der Waals surface area contributed by atoms with Gasteiger partial charge in [0.05, 0.1) is 6.57 Å². The number of nitrogens with zero attached hydrogens (tertiary/aromatic N) is 2. The summed E-state index contributed by atoms with van der Waals surface area (Å²) < 4.78 is 1.50. The SMILES string of the molecule is [C-]#[N+]c1cc(C)c(C)n(C)c1=O. The van der Waals surface area contributed by atoms with Crippen LogP contribution >= 0.6 is 0 Å². The highest BCUT2D eigenvalue weighted by Crippen LogP contribution is 2.10. The predicted molar refractivity (Wildman–Crippen MR) is 47.4 cm³/mol. The van der Waals surface area contributed by atoms with Gasteiger partial charge in [-0.15, -0.1) is 0 Å². The van der Waals surface area contributed by atoms with Gasteiger partial charge in [-0.3, -0.25) is 4.79 Å². The highest BCUT2D eigenvalue weighted by atomic mass is 16.1. The van der Waals surface area contributed by atoms with Crippen molar-refractivity contribution in [2.45, 2.75) is 13.8 Å². The largest absolute Gasteiger partial charge is 0.325 e. The summed E-state index contributed by atoms with van der Waals surface area (Å²) in [5.74, 6) is 0. The zero-order valence-corrected chi connectivity index (χ0v) is 7.38. The minimum Gasteiger partial charge on any atom is -0.325 e. The number of aryl methyl sites for hydroxylation is 1. The Bertz CT molecular complexity index is 410. The third kappa shape index (κ3) is 1.12. The van der Waals surface area contributed by atoms with Crippen molar-refractivity contribution in [3.63, 3.8) is 0 Å². The Labute approximate surface area is 71.1 Å². The van der Waals surface area contributed by atoms with E-state index >= 15 is 0 Å². The molecule has 1 heterocycles. The Morgan fingerprint density at radius 3 is 2.58 bits per heavy atom. The van der Waals surface area contributed by atoms with Crippen LogP contribution in [0.15, 0.2) is 10.9 Å². The quantitative estimate of drug-likeness (QED) is 0.531. The van der Waals surface area contributed by atoms with Crippen molar-refractivity contribution in [3.05, 3.63) is 39.1 Å². The van der Waals surface area contributed by atoms with Gasteiger partial charge in [0.15, 0.2) is 0 Å². The Morgan fingerprint density at radius 2 is 2.08 bits per heavy atom. The van der Waals surface area contributed by atoms with Gasteiger partial charge < -0.3 is 4.57 Å². The fraction of sp³-hybridized carbons (Fsp3) is 0.333. The summed E-state index contributed by atoms with van der Waals surface area (Å²) in [6.07, 6.45) is 0. The summed E-state index contributed by atoms with van der Waals surface area (Å²) in [6.45, 7) is 10.5. The van der Waals surface area contributed by atoms with E-state index in [0.717, 1.165) is 11.3 Å². The molecule has 0 atom stereocenters. The second kappa shape index (κ2) is 2.82. The van der Waals surface area contributed by atoms with Crippen LogP contribution in [-0.2, 0) is 7.05 Å². The van der Waals surface area contributed by atoms with Crippen molar-refractivity contribution < 1.29 is 0 Å². The molecule has 0 saturated carbocycles. The Balaban J connectivity index is 3.64. The third-order valence-electron chi connectivity index (χ3n) is 2.07. The maximum atomic E-state index is 11.3. The van der Waals surface area contributed by atoms with Crippen molar-refractivity contribution in [2.75, 3.05) is 0 Å². The van der Waals surface area contributed by atoms with Crippen molar-refractivity contribution in [3.8, 4) is 0 Å². The predicted octanol–water partition coefficient (Wildman–Crippen LogP) is 1.55. The van der Waals surface area contributed by atoms with Gasteiger partial charge in [-0.05, 0) is 25.5 Å². The van der Waals surface area contributed by atoms with Crippen LogP contribution in [0.2, 0.25) is 0 Å². The molecule has 1 aromatic heterocycles. The molecule has 62 valence electrons. The second-order valence-corrected chi connectivity index (χ2v) is 2.77. The van der Waals surface area contributed by atoms with E-state index in [2.05, 4.69) is 4.85 Å². The van der Waals surface area contributed by atoms with Crippen molar-refractivity contribution in [2.24, 2.45) is 7.05 Å². The fourth-order valence-electron chi connectivity index (χ4n) is 1.04. The molecule has 3 heteroatoms. The van der Waals surface area contributed by atoms with Gasteiger partial charge in [0.25, 0.3) is 11.2 Å². The lowest BCUT2D eigenvalue weighted by molar-refractivity contribution is 0.813. The van der Waals surface area contributed by atoms with Gasteiger partial charge in [0.2, 0.25) is 0 Å². The lowest BCUT2D eigenvalue weighted by Gasteiger charge is -2.06. The molecular formula is C9H10N2O. The molecule has 0 aliphatic rings. The molecule has 0 aromatic carbocycles. The average Bonchev–Trinajstić information content (AvgIpc) is 2.08. The van der Waals surface area contributed by atoms with Crippen LogP contribution in [0.5, 0.6) is 0 Å². The summed E-state index contributed by atoms with van der Waals surface area (Å²) in [4.78, 5) is 14.5. The van der Waals surface area contributed by atoms with Gasteiger partial charge in [-0.25, -0.2) is 4.85 Å². The molecule has 0 unspecified atom stereocenters. The van der Waals surface area contributed by atoms with Crippen LogP contribution in [0.1, 0.15) is 11.3 Å². The maximum absolute atomic E-state index is 11.3. The van der Waals surface area contributed by atoms with E-state index in [1.54, 1.807) is 13.1 Å².